The van der Waals surface area contributed by atoms with Crippen molar-refractivity contribution in [3.8, 4) is 0 Å². The van der Waals surface area contributed by atoms with Crippen molar-refractivity contribution in [3.05, 3.63) is 12.5 Å². The average Bonchev–Trinajstić information content (AvgIpc) is 2.39. The Bertz CT molecular complexity index is 213. The Kier molecular flexibility index (Phi) is 2.52. The first-order valence-corrected chi connectivity index (χ1v) is 4.06. The van der Waals surface area contributed by atoms with Crippen LogP contribution in [0.15, 0.2) is 12.5 Å². The number of aromatic nitrogens is 2. The normalized spacial score (nSPS) is 10.8. The van der Waals surface area contributed by atoms with E-state index in [0.29, 0.717) is 11.9 Å². The van der Waals surface area contributed by atoms with E-state index < -0.39 is 0 Å². The van der Waals surface area contributed by atoms with Gasteiger partial charge in [0.25, 0.3) is 0 Å². The fourth-order valence-corrected chi connectivity index (χ4v) is 1.26. The highest BCUT2D eigenvalue weighted by atomic mass is 15.1. The van der Waals surface area contributed by atoms with Crippen LogP contribution < -0.4 is 5.73 Å². The SMILES string of the molecule is CCC(CC)n1cnc(N)c1. The van der Waals surface area contributed by atoms with E-state index in [1.54, 1.807) is 6.33 Å². The second-order valence-electron chi connectivity index (χ2n) is 2.72. The van der Waals surface area contributed by atoms with Crippen LogP contribution in [0.4, 0.5) is 5.82 Å². The number of imidazole rings is 1. The van der Waals surface area contributed by atoms with Crippen LogP contribution in [0.1, 0.15) is 32.7 Å². The lowest BCUT2D eigenvalue weighted by Crippen LogP contribution is -2.03. The summed E-state index contributed by atoms with van der Waals surface area (Å²) in [6.07, 6.45) is 5.95. The van der Waals surface area contributed by atoms with E-state index in [1.165, 1.54) is 0 Å². The van der Waals surface area contributed by atoms with Crippen LogP contribution in [0.3, 0.4) is 0 Å². The molecule has 0 aliphatic heterocycles. The van der Waals surface area contributed by atoms with Gasteiger partial charge < -0.3 is 10.3 Å². The molecule has 1 aromatic heterocycles. The smallest absolute Gasteiger partial charge is 0.141 e. The molecule has 0 bridgehead atoms. The van der Waals surface area contributed by atoms with Crippen LogP contribution >= 0.6 is 0 Å². The lowest BCUT2D eigenvalue weighted by atomic mass is 10.2. The van der Waals surface area contributed by atoms with Gasteiger partial charge in [0.15, 0.2) is 0 Å². The maximum atomic E-state index is 5.49. The van der Waals surface area contributed by atoms with E-state index in [9.17, 15) is 0 Å². The number of anilines is 1. The summed E-state index contributed by atoms with van der Waals surface area (Å²) in [5.74, 6) is 0.608. The predicted octanol–water partition coefficient (Wildman–Crippen LogP) is 1.83. The molecule has 0 atom stereocenters. The summed E-state index contributed by atoms with van der Waals surface area (Å²) >= 11 is 0. The van der Waals surface area contributed by atoms with Crippen LogP contribution in [0.25, 0.3) is 0 Å². The molecule has 0 amide bonds. The maximum absolute atomic E-state index is 5.49. The van der Waals surface area contributed by atoms with Crippen molar-refractivity contribution < 1.29 is 0 Å². The molecule has 0 radical (unpaired) electrons. The van der Waals surface area contributed by atoms with Gasteiger partial charge in [0.1, 0.15) is 5.82 Å². The van der Waals surface area contributed by atoms with Crippen LogP contribution in [0, 0.1) is 0 Å². The molecule has 0 spiro atoms. The molecule has 0 fully saturated rings. The first-order valence-electron chi connectivity index (χ1n) is 4.06. The second-order valence-corrected chi connectivity index (χ2v) is 2.72. The third kappa shape index (κ3) is 1.73. The van der Waals surface area contributed by atoms with Crippen molar-refractivity contribution in [1.29, 1.82) is 0 Å². The first kappa shape index (κ1) is 8.11. The molecule has 11 heavy (non-hydrogen) atoms. The minimum atomic E-state index is 0.555. The molecular formula is C8H15N3. The van der Waals surface area contributed by atoms with E-state index in [0.717, 1.165) is 12.8 Å². The van der Waals surface area contributed by atoms with Gasteiger partial charge in [-0.2, -0.15) is 0 Å². The predicted molar refractivity (Wildman–Crippen MR) is 46.3 cm³/mol. The Morgan fingerprint density at radius 2 is 2.18 bits per heavy atom. The molecule has 1 heterocycles. The first-order chi connectivity index (χ1) is 5.27. The molecule has 0 aromatic carbocycles. The molecule has 3 nitrogen and oxygen atoms in total. The van der Waals surface area contributed by atoms with Gasteiger partial charge in [-0.1, -0.05) is 13.8 Å². The Labute approximate surface area is 67.2 Å². The van der Waals surface area contributed by atoms with Gasteiger partial charge in [0.05, 0.1) is 6.33 Å². The summed E-state index contributed by atoms with van der Waals surface area (Å²) < 4.78 is 2.08. The summed E-state index contributed by atoms with van der Waals surface area (Å²) in [4.78, 5) is 3.97. The molecule has 2 N–H and O–H groups in total. The number of nitrogens with two attached hydrogens (primary N) is 1. The summed E-state index contributed by atoms with van der Waals surface area (Å²) in [7, 11) is 0. The van der Waals surface area contributed by atoms with E-state index in [2.05, 4.69) is 23.4 Å². The second kappa shape index (κ2) is 3.42. The Morgan fingerprint density at radius 1 is 1.55 bits per heavy atom. The fourth-order valence-electron chi connectivity index (χ4n) is 1.26. The van der Waals surface area contributed by atoms with Gasteiger partial charge in [0, 0.05) is 12.2 Å². The van der Waals surface area contributed by atoms with Crippen molar-refractivity contribution in [2.24, 2.45) is 0 Å². The topological polar surface area (TPSA) is 43.8 Å². The third-order valence-electron chi connectivity index (χ3n) is 1.99. The molecule has 62 valence electrons. The minimum Gasteiger partial charge on any atom is -0.382 e. The van der Waals surface area contributed by atoms with Crippen molar-refractivity contribution in [2.45, 2.75) is 32.7 Å². The van der Waals surface area contributed by atoms with Crippen molar-refractivity contribution in [1.82, 2.24) is 9.55 Å². The molecule has 1 rings (SSSR count). The van der Waals surface area contributed by atoms with Gasteiger partial charge in [-0.25, -0.2) is 4.98 Å². The summed E-state index contributed by atoms with van der Waals surface area (Å²) in [5, 5.41) is 0. The van der Waals surface area contributed by atoms with E-state index in [4.69, 9.17) is 5.73 Å². The monoisotopic (exact) mass is 153 g/mol. The lowest BCUT2D eigenvalue weighted by Gasteiger charge is -2.12. The van der Waals surface area contributed by atoms with Crippen molar-refractivity contribution in [3.63, 3.8) is 0 Å². The molecule has 0 aliphatic carbocycles. The Hall–Kier alpha value is -0.990. The van der Waals surface area contributed by atoms with E-state index in [1.807, 2.05) is 6.20 Å². The summed E-state index contributed by atoms with van der Waals surface area (Å²) in [6, 6.07) is 0.555. The number of hydrogen-bond acceptors (Lipinski definition) is 2. The van der Waals surface area contributed by atoms with Gasteiger partial charge in [-0.3, -0.25) is 0 Å². The van der Waals surface area contributed by atoms with Gasteiger partial charge in [0.2, 0.25) is 0 Å². The molecule has 0 saturated heterocycles. The zero-order valence-corrected chi connectivity index (χ0v) is 7.12. The average molecular weight is 153 g/mol. The maximum Gasteiger partial charge on any atom is 0.141 e. The van der Waals surface area contributed by atoms with Crippen molar-refractivity contribution >= 4 is 5.82 Å². The van der Waals surface area contributed by atoms with Crippen LogP contribution in [0.5, 0.6) is 0 Å². The largest absolute Gasteiger partial charge is 0.382 e. The summed E-state index contributed by atoms with van der Waals surface area (Å²) in [5.41, 5.74) is 5.49. The highest BCUT2D eigenvalue weighted by Gasteiger charge is 2.04. The molecule has 0 unspecified atom stereocenters. The lowest BCUT2D eigenvalue weighted by molar-refractivity contribution is 0.471. The minimum absolute atomic E-state index is 0.555. The quantitative estimate of drug-likeness (QED) is 0.719. The molecule has 3 heteroatoms. The van der Waals surface area contributed by atoms with Crippen LogP contribution in [-0.4, -0.2) is 9.55 Å². The number of nitrogens with zero attached hydrogens (tertiary/aromatic N) is 2. The zero-order valence-electron chi connectivity index (χ0n) is 7.12. The highest BCUT2D eigenvalue weighted by Crippen LogP contribution is 2.15. The Morgan fingerprint density at radius 3 is 2.55 bits per heavy atom. The van der Waals surface area contributed by atoms with Gasteiger partial charge >= 0.3 is 0 Å². The number of hydrogen-bond donors (Lipinski definition) is 1. The zero-order chi connectivity index (χ0) is 8.27. The highest BCUT2D eigenvalue weighted by molar-refractivity contribution is 5.22. The van der Waals surface area contributed by atoms with Crippen molar-refractivity contribution in [2.75, 3.05) is 5.73 Å². The molecule has 1 aromatic rings. The molecular weight excluding hydrogens is 138 g/mol. The standard InChI is InChI=1S/C8H15N3/c1-3-7(4-2)11-5-8(9)10-6-11/h5-7H,3-4,9H2,1-2H3. The molecule has 0 saturated carbocycles. The molecule has 0 aliphatic rings. The third-order valence-corrected chi connectivity index (χ3v) is 1.99. The van der Waals surface area contributed by atoms with Gasteiger partial charge in [-0.05, 0) is 12.8 Å². The van der Waals surface area contributed by atoms with Crippen LogP contribution in [-0.2, 0) is 0 Å². The summed E-state index contributed by atoms with van der Waals surface area (Å²) in [6.45, 7) is 4.34. The van der Waals surface area contributed by atoms with E-state index in [-0.39, 0.29) is 0 Å². The van der Waals surface area contributed by atoms with Gasteiger partial charge in [-0.15, -0.1) is 0 Å². The van der Waals surface area contributed by atoms with E-state index >= 15 is 0 Å². The number of nitrogen functional groups attached to an aromatic ring is 1. The Balaban J connectivity index is 2.73. The van der Waals surface area contributed by atoms with Crippen LogP contribution in [0.2, 0.25) is 0 Å². The fraction of sp³-hybridized carbons (Fsp3) is 0.625. The number of rotatable bonds is 3.